The molecule has 1 atom stereocenters. The Hall–Kier alpha value is -2.64. The average Bonchev–Trinajstić information content (AvgIpc) is 3.10. The second-order valence-corrected chi connectivity index (χ2v) is 6.59. The van der Waals surface area contributed by atoms with E-state index in [0.717, 1.165) is 23.3 Å². The minimum atomic E-state index is -0.185. The molecule has 1 saturated heterocycles. The van der Waals surface area contributed by atoms with E-state index in [9.17, 15) is 9.59 Å². The Kier molecular flexibility index (Phi) is 5.34. The number of hydrogen-bond donors (Lipinski definition) is 1. The Morgan fingerprint density at radius 2 is 2.04 bits per heavy atom. The topological polar surface area (TPSA) is 72.2 Å². The summed E-state index contributed by atoms with van der Waals surface area (Å²) in [5, 5.41) is 4.12. The number of fused-ring (bicyclic) bond motifs is 1. The van der Waals surface area contributed by atoms with Crippen molar-refractivity contribution in [2.45, 2.75) is 6.04 Å². The zero-order valence-electron chi connectivity index (χ0n) is 15.3. The third-order valence-electron chi connectivity index (χ3n) is 5.05. The maximum atomic E-state index is 13.4. The van der Waals surface area contributed by atoms with Gasteiger partial charge in [-0.2, -0.15) is 0 Å². The van der Waals surface area contributed by atoms with E-state index >= 15 is 0 Å². The molecule has 1 aliphatic rings. The molecule has 1 aromatic carbocycles. The lowest BCUT2D eigenvalue weighted by molar-refractivity contribution is 0.0622. The van der Waals surface area contributed by atoms with E-state index in [1.54, 1.807) is 17.8 Å². The Morgan fingerprint density at radius 1 is 1.26 bits per heavy atom. The summed E-state index contributed by atoms with van der Waals surface area (Å²) in [5.74, 6) is 0.701. The number of aromatic nitrogens is 3. The van der Waals surface area contributed by atoms with Gasteiger partial charge in [-0.1, -0.05) is 18.2 Å². The quantitative estimate of drug-likeness (QED) is 0.723. The van der Waals surface area contributed by atoms with Gasteiger partial charge in [0.05, 0.1) is 11.1 Å². The highest BCUT2D eigenvalue weighted by Crippen LogP contribution is 2.25. The van der Waals surface area contributed by atoms with Crippen LogP contribution in [0, 0.1) is 0 Å². The van der Waals surface area contributed by atoms with E-state index in [4.69, 9.17) is 0 Å². The maximum absolute atomic E-state index is 13.4. The molecule has 1 fully saturated rings. The van der Waals surface area contributed by atoms with E-state index in [1.165, 1.54) is 6.07 Å². The zero-order chi connectivity index (χ0) is 18.3. The minimum absolute atomic E-state index is 0. The number of nitrogens with zero attached hydrogens (tertiary/aromatic N) is 4. The molecule has 1 unspecified atom stereocenters. The highest BCUT2D eigenvalue weighted by atomic mass is 35.5. The number of imidazole rings is 1. The summed E-state index contributed by atoms with van der Waals surface area (Å²) in [6, 6.07) is 8.79. The molecule has 7 nitrogen and oxygen atoms in total. The first-order valence-electron chi connectivity index (χ1n) is 8.65. The van der Waals surface area contributed by atoms with Crippen LogP contribution in [0.4, 0.5) is 0 Å². The van der Waals surface area contributed by atoms with Gasteiger partial charge in [-0.05, 0) is 6.07 Å². The number of aryl methyl sites for hydroxylation is 2. The van der Waals surface area contributed by atoms with Crippen LogP contribution in [-0.4, -0.2) is 44.6 Å². The number of carbonyl (C=O) groups excluding carboxylic acids is 1. The molecule has 3 aromatic rings. The van der Waals surface area contributed by atoms with Crippen molar-refractivity contribution < 1.29 is 4.79 Å². The number of carbonyl (C=O) groups is 1. The molecular weight excluding hydrogens is 366 g/mol. The standard InChI is InChI=1S/C19H21N5O2.ClH/c1-22-9-8-21-18(22)16-12-20-7-10-24(16)19(26)14-11-17(25)23(2)15-6-4-3-5-13(14)15;/h3-6,8-9,11,16,20H,7,10,12H2,1-2H3;1H. The fraction of sp³-hybridized carbons (Fsp3) is 0.316. The van der Waals surface area contributed by atoms with Crippen molar-refractivity contribution in [2.24, 2.45) is 14.1 Å². The van der Waals surface area contributed by atoms with Crippen molar-refractivity contribution in [2.75, 3.05) is 19.6 Å². The van der Waals surface area contributed by atoms with Crippen LogP contribution in [0.2, 0.25) is 0 Å². The predicted octanol–water partition coefficient (Wildman–Crippen LogP) is 1.48. The largest absolute Gasteiger partial charge is 0.336 e. The third kappa shape index (κ3) is 3.24. The van der Waals surface area contributed by atoms with Crippen molar-refractivity contribution in [1.82, 2.24) is 24.3 Å². The van der Waals surface area contributed by atoms with Gasteiger partial charge in [0.25, 0.3) is 11.5 Å². The number of halogens is 1. The fourth-order valence-electron chi connectivity index (χ4n) is 3.62. The predicted molar refractivity (Wildman–Crippen MR) is 106 cm³/mol. The first-order chi connectivity index (χ1) is 12.6. The van der Waals surface area contributed by atoms with Crippen LogP contribution in [0.3, 0.4) is 0 Å². The molecule has 142 valence electrons. The average molecular weight is 388 g/mol. The first kappa shape index (κ1) is 19.1. The number of amides is 1. The van der Waals surface area contributed by atoms with E-state index in [2.05, 4.69) is 10.3 Å². The van der Waals surface area contributed by atoms with E-state index < -0.39 is 0 Å². The SMILES string of the molecule is Cl.Cn1ccnc1C1CNCCN1C(=O)c1cc(=O)n(C)c2ccccc12. The summed E-state index contributed by atoms with van der Waals surface area (Å²) < 4.78 is 3.50. The highest BCUT2D eigenvalue weighted by molar-refractivity contribution is 6.06. The molecule has 1 amide bonds. The summed E-state index contributed by atoms with van der Waals surface area (Å²) >= 11 is 0. The molecular formula is C19H22ClN5O2. The second kappa shape index (κ2) is 7.54. The molecule has 0 spiro atoms. The van der Waals surface area contributed by atoms with Gasteiger partial charge in [-0.3, -0.25) is 9.59 Å². The van der Waals surface area contributed by atoms with E-state index in [0.29, 0.717) is 18.7 Å². The van der Waals surface area contributed by atoms with Crippen molar-refractivity contribution in [3.05, 3.63) is 64.5 Å². The number of rotatable bonds is 2. The van der Waals surface area contributed by atoms with Crippen LogP contribution < -0.4 is 10.9 Å². The van der Waals surface area contributed by atoms with Crippen LogP contribution >= 0.6 is 12.4 Å². The Balaban J connectivity index is 0.00000210. The molecule has 3 heterocycles. The maximum Gasteiger partial charge on any atom is 0.255 e. The third-order valence-corrected chi connectivity index (χ3v) is 5.05. The molecule has 8 heteroatoms. The Labute approximate surface area is 163 Å². The number of nitrogens with one attached hydrogen (secondary N) is 1. The number of benzene rings is 1. The van der Waals surface area contributed by atoms with Crippen LogP contribution in [0.15, 0.2) is 47.5 Å². The number of para-hydroxylation sites is 1. The van der Waals surface area contributed by atoms with Gasteiger partial charge in [-0.25, -0.2) is 4.98 Å². The molecule has 27 heavy (non-hydrogen) atoms. The van der Waals surface area contributed by atoms with Gasteiger partial charge in [-0.15, -0.1) is 12.4 Å². The molecule has 2 aromatic heterocycles. The summed E-state index contributed by atoms with van der Waals surface area (Å²) in [6.45, 7) is 1.93. The smallest absolute Gasteiger partial charge is 0.255 e. The minimum Gasteiger partial charge on any atom is -0.336 e. The Bertz CT molecular complexity index is 1040. The molecule has 0 bridgehead atoms. The van der Waals surface area contributed by atoms with Crippen LogP contribution in [0.25, 0.3) is 10.9 Å². The van der Waals surface area contributed by atoms with Crippen LogP contribution in [0.1, 0.15) is 22.2 Å². The van der Waals surface area contributed by atoms with Crippen molar-refractivity contribution >= 4 is 29.2 Å². The molecule has 1 aliphatic heterocycles. The number of pyridine rings is 1. The molecule has 0 saturated carbocycles. The zero-order valence-corrected chi connectivity index (χ0v) is 16.1. The molecule has 4 rings (SSSR count). The second-order valence-electron chi connectivity index (χ2n) is 6.59. The summed E-state index contributed by atoms with van der Waals surface area (Å²) in [7, 11) is 3.65. The van der Waals surface area contributed by atoms with Crippen molar-refractivity contribution in [3.63, 3.8) is 0 Å². The van der Waals surface area contributed by atoms with Gasteiger partial charge in [0.15, 0.2) is 0 Å². The van der Waals surface area contributed by atoms with Gasteiger partial charge in [0, 0.05) is 57.6 Å². The number of piperazine rings is 1. The Morgan fingerprint density at radius 3 is 2.78 bits per heavy atom. The lowest BCUT2D eigenvalue weighted by atomic mass is 10.0. The van der Waals surface area contributed by atoms with Crippen molar-refractivity contribution in [3.8, 4) is 0 Å². The van der Waals surface area contributed by atoms with E-state index in [-0.39, 0.29) is 29.9 Å². The van der Waals surface area contributed by atoms with Crippen LogP contribution in [-0.2, 0) is 14.1 Å². The molecule has 1 N–H and O–H groups in total. The summed E-state index contributed by atoms with van der Waals surface area (Å²) in [6.07, 6.45) is 3.61. The molecule has 0 aliphatic carbocycles. The van der Waals surface area contributed by atoms with Gasteiger partial charge in [0.1, 0.15) is 11.9 Å². The lowest BCUT2D eigenvalue weighted by Gasteiger charge is -2.36. The normalized spacial score (nSPS) is 17.0. The van der Waals surface area contributed by atoms with Gasteiger partial charge in [0.2, 0.25) is 0 Å². The van der Waals surface area contributed by atoms with Crippen molar-refractivity contribution in [1.29, 1.82) is 0 Å². The highest BCUT2D eigenvalue weighted by Gasteiger charge is 2.32. The molecule has 0 radical (unpaired) electrons. The number of hydrogen-bond acceptors (Lipinski definition) is 4. The van der Waals surface area contributed by atoms with Crippen LogP contribution in [0.5, 0.6) is 0 Å². The van der Waals surface area contributed by atoms with Gasteiger partial charge >= 0.3 is 0 Å². The summed E-state index contributed by atoms with van der Waals surface area (Å²) in [4.78, 5) is 32.0. The summed E-state index contributed by atoms with van der Waals surface area (Å²) in [5.41, 5.74) is 1.02. The lowest BCUT2D eigenvalue weighted by Crippen LogP contribution is -2.49. The first-order valence-corrected chi connectivity index (χ1v) is 8.65. The monoisotopic (exact) mass is 387 g/mol. The van der Waals surface area contributed by atoms with E-state index in [1.807, 2.05) is 47.0 Å². The van der Waals surface area contributed by atoms with Gasteiger partial charge < -0.3 is 19.4 Å². The fourth-order valence-corrected chi connectivity index (χ4v) is 3.62.